The Labute approximate surface area is 66.9 Å². The lowest BCUT2D eigenvalue weighted by Crippen LogP contribution is -2.39. The molecule has 0 bridgehead atoms. The summed E-state index contributed by atoms with van der Waals surface area (Å²) in [5.41, 5.74) is 1.06. The molecule has 0 fully saturated rings. The van der Waals surface area contributed by atoms with Crippen molar-refractivity contribution in [3.05, 3.63) is 11.6 Å². The maximum Gasteiger partial charge on any atom is 0.277 e. The Morgan fingerprint density at radius 2 is 2.27 bits per heavy atom. The van der Waals surface area contributed by atoms with Crippen LogP contribution in [-0.2, 0) is 10.2 Å². The van der Waals surface area contributed by atoms with Gasteiger partial charge in [0.2, 0.25) is 0 Å². The van der Waals surface area contributed by atoms with E-state index in [4.69, 9.17) is 5.14 Å². The smallest absolute Gasteiger partial charge is 0.216 e. The van der Waals surface area contributed by atoms with Crippen LogP contribution < -0.4 is 5.14 Å². The number of rotatable bonds is 1. The third-order valence-corrected chi connectivity index (χ3v) is 2.69. The Hall–Kier alpha value is -0.390. The topological polar surface area (TPSA) is 63.4 Å². The summed E-state index contributed by atoms with van der Waals surface area (Å²) in [6.45, 7) is 2.85. The predicted octanol–water partition coefficient (Wildman–Crippen LogP) is -0.158. The van der Waals surface area contributed by atoms with Crippen molar-refractivity contribution in [3.8, 4) is 0 Å². The summed E-state index contributed by atoms with van der Waals surface area (Å²) >= 11 is 0. The van der Waals surface area contributed by atoms with Crippen LogP contribution in [0.3, 0.4) is 0 Å². The molecule has 1 heterocycles. The molecule has 0 aromatic carbocycles. The van der Waals surface area contributed by atoms with E-state index in [0.29, 0.717) is 13.1 Å². The van der Waals surface area contributed by atoms with Crippen molar-refractivity contribution >= 4 is 10.2 Å². The first kappa shape index (κ1) is 8.70. The standard InChI is InChI=1S/C6H12N2O2S/c1-6-3-2-4-8(5-6)11(7,9)10/h3H,2,4-5H2,1H3,(H2,7,9,10). The Morgan fingerprint density at radius 1 is 1.64 bits per heavy atom. The molecule has 0 aromatic heterocycles. The highest BCUT2D eigenvalue weighted by atomic mass is 32.2. The van der Waals surface area contributed by atoms with E-state index in [9.17, 15) is 8.42 Å². The molecule has 0 aromatic rings. The zero-order chi connectivity index (χ0) is 8.48. The van der Waals surface area contributed by atoms with Gasteiger partial charge in [-0.05, 0) is 13.3 Å². The van der Waals surface area contributed by atoms with E-state index >= 15 is 0 Å². The molecule has 2 N–H and O–H groups in total. The minimum atomic E-state index is -3.47. The molecular weight excluding hydrogens is 164 g/mol. The van der Waals surface area contributed by atoms with Crippen LogP contribution in [0.5, 0.6) is 0 Å². The first-order valence-electron chi connectivity index (χ1n) is 3.43. The quantitative estimate of drug-likeness (QED) is 0.564. The fourth-order valence-corrected chi connectivity index (χ4v) is 1.84. The van der Waals surface area contributed by atoms with Gasteiger partial charge < -0.3 is 0 Å². The third-order valence-electron chi connectivity index (χ3n) is 1.66. The lowest BCUT2D eigenvalue weighted by atomic mass is 10.2. The first-order valence-corrected chi connectivity index (χ1v) is 4.94. The highest BCUT2D eigenvalue weighted by Crippen LogP contribution is 2.09. The largest absolute Gasteiger partial charge is 0.277 e. The van der Waals surface area contributed by atoms with Gasteiger partial charge in [0, 0.05) is 13.1 Å². The van der Waals surface area contributed by atoms with Crippen molar-refractivity contribution < 1.29 is 8.42 Å². The molecule has 0 aliphatic carbocycles. The van der Waals surface area contributed by atoms with Gasteiger partial charge in [-0.15, -0.1) is 0 Å². The van der Waals surface area contributed by atoms with E-state index in [2.05, 4.69) is 0 Å². The maximum absolute atomic E-state index is 10.8. The van der Waals surface area contributed by atoms with Crippen molar-refractivity contribution in [3.63, 3.8) is 0 Å². The van der Waals surface area contributed by atoms with Gasteiger partial charge >= 0.3 is 0 Å². The molecule has 11 heavy (non-hydrogen) atoms. The average molecular weight is 176 g/mol. The van der Waals surface area contributed by atoms with Crippen molar-refractivity contribution in [2.75, 3.05) is 13.1 Å². The molecule has 0 saturated carbocycles. The van der Waals surface area contributed by atoms with Gasteiger partial charge in [-0.3, -0.25) is 0 Å². The Bertz CT molecular complexity index is 268. The summed E-state index contributed by atoms with van der Waals surface area (Å²) in [7, 11) is -3.47. The van der Waals surface area contributed by atoms with Gasteiger partial charge in [0.1, 0.15) is 0 Å². The molecule has 1 aliphatic rings. The number of nitrogens with two attached hydrogens (primary N) is 1. The summed E-state index contributed by atoms with van der Waals surface area (Å²) in [6, 6.07) is 0. The van der Waals surface area contributed by atoms with Crippen LogP contribution in [0, 0.1) is 0 Å². The summed E-state index contributed by atoms with van der Waals surface area (Å²) in [4.78, 5) is 0. The molecule has 1 aliphatic heterocycles. The van der Waals surface area contributed by atoms with Crippen molar-refractivity contribution in [1.29, 1.82) is 0 Å². The maximum atomic E-state index is 10.8. The van der Waals surface area contributed by atoms with Crippen LogP contribution in [0.2, 0.25) is 0 Å². The van der Waals surface area contributed by atoms with E-state index in [-0.39, 0.29) is 0 Å². The second kappa shape index (κ2) is 2.92. The van der Waals surface area contributed by atoms with Crippen molar-refractivity contribution in [2.45, 2.75) is 13.3 Å². The summed E-state index contributed by atoms with van der Waals surface area (Å²) < 4.78 is 22.9. The molecule has 5 heteroatoms. The average Bonchev–Trinajstić information content (AvgIpc) is 1.86. The van der Waals surface area contributed by atoms with Gasteiger partial charge in [-0.25, -0.2) is 5.14 Å². The Balaban J connectivity index is 2.73. The van der Waals surface area contributed by atoms with Crippen LogP contribution in [0.4, 0.5) is 0 Å². The zero-order valence-corrected chi connectivity index (χ0v) is 7.26. The van der Waals surface area contributed by atoms with Crippen LogP contribution in [0.1, 0.15) is 13.3 Å². The molecule has 0 unspecified atom stereocenters. The van der Waals surface area contributed by atoms with E-state index < -0.39 is 10.2 Å². The van der Waals surface area contributed by atoms with E-state index in [1.54, 1.807) is 0 Å². The molecule has 0 radical (unpaired) electrons. The van der Waals surface area contributed by atoms with Crippen LogP contribution in [0.25, 0.3) is 0 Å². The molecule has 64 valence electrons. The molecule has 0 amide bonds. The van der Waals surface area contributed by atoms with Crippen LogP contribution in [-0.4, -0.2) is 25.8 Å². The number of hydrogen-bond acceptors (Lipinski definition) is 2. The molecule has 0 spiro atoms. The second-order valence-corrected chi connectivity index (χ2v) is 4.26. The van der Waals surface area contributed by atoms with Gasteiger partial charge in [0.05, 0.1) is 0 Å². The Morgan fingerprint density at radius 3 is 2.64 bits per heavy atom. The van der Waals surface area contributed by atoms with Gasteiger partial charge in [-0.2, -0.15) is 12.7 Å². The summed E-state index contributed by atoms with van der Waals surface area (Å²) in [5.74, 6) is 0. The predicted molar refractivity (Wildman–Crippen MR) is 43.1 cm³/mol. The number of hydrogen-bond donors (Lipinski definition) is 1. The summed E-state index contributed by atoms with van der Waals surface area (Å²) in [6.07, 6.45) is 2.80. The zero-order valence-electron chi connectivity index (χ0n) is 6.45. The highest BCUT2D eigenvalue weighted by molar-refractivity contribution is 7.86. The van der Waals surface area contributed by atoms with Crippen molar-refractivity contribution in [1.82, 2.24) is 4.31 Å². The second-order valence-electron chi connectivity index (χ2n) is 2.72. The summed E-state index contributed by atoms with van der Waals surface area (Å²) in [5, 5.41) is 4.94. The fourth-order valence-electron chi connectivity index (χ4n) is 1.09. The molecular formula is C6H12N2O2S. The van der Waals surface area contributed by atoms with Gasteiger partial charge in [-0.1, -0.05) is 11.6 Å². The van der Waals surface area contributed by atoms with E-state index in [1.165, 1.54) is 4.31 Å². The van der Waals surface area contributed by atoms with E-state index in [1.807, 2.05) is 13.0 Å². The van der Waals surface area contributed by atoms with Crippen LogP contribution >= 0.6 is 0 Å². The lowest BCUT2D eigenvalue weighted by Gasteiger charge is -2.22. The lowest BCUT2D eigenvalue weighted by molar-refractivity contribution is 0.429. The van der Waals surface area contributed by atoms with Gasteiger partial charge in [0.25, 0.3) is 10.2 Å². The highest BCUT2D eigenvalue weighted by Gasteiger charge is 2.18. The monoisotopic (exact) mass is 176 g/mol. The fraction of sp³-hybridized carbons (Fsp3) is 0.667. The number of nitrogens with zero attached hydrogens (tertiary/aromatic N) is 1. The van der Waals surface area contributed by atoms with Gasteiger partial charge in [0.15, 0.2) is 0 Å². The SMILES string of the molecule is CC1=CCCN(S(N)(=O)=O)C1. The van der Waals surface area contributed by atoms with Crippen molar-refractivity contribution in [2.24, 2.45) is 5.14 Å². The molecule has 0 saturated heterocycles. The van der Waals surface area contributed by atoms with Crippen LogP contribution in [0.15, 0.2) is 11.6 Å². The molecule has 4 nitrogen and oxygen atoms in total. The molecule has 0 atom stereocenters. The normalized spacial score (nSPS) is 21.5. The minimum Gasteiger partial charge on any atom is -0.216 e. The molecule has 1 rings (SSSR count). The first-order chi connectivity index (χ1) is 5.00. The minimum absolute atomic E-state index is 0.443. The Kier molecular flexibility index (Phi) is 2.31. The third kappa shape index (κ3) is 2.28. The van der Waals surface area contributed by atoms with E-state index in [0.717, 1.165) is 12.0 Å².